The molecule has 0 radical (unpaired) electrons. The SMILES string of the molecule is CCCCOCCOCCNc1ccc(Cl)cc1. The summed E-state index contributed by atoms with van der Waals surface area (Å²) in [4.78, 5) is 0. The lowest BCUT2D eigenvalue weighted by Gasteiger charge is -2.08. The number of halogens is 1. The van der Waals surface area contributed by atoms with E-state index in [2.05, 4.69) is 12.2 Å². The molecule has 0 bridgehead atoms. The largest absolute Gasteiger partial charge is 0.383 e. The smallest absolute Gasteiger partial charge is 0.0701 e. The van der Waals surface area contributed by atoms with E-state index in [1.165, 1.54) is 6.42 Å². The van der Waals surface area contributed by atoms with Crippen molar-refractivity contribution >= 4 is 17.3 Å². The highest BCUT2D eigenvalue weighted by Gasteiger charge is 1.93. The first kappa shape index (κ1) is 15.3. The Bertz CT molecular complexity index is 303. The van der Waals surface area contributed by atoms with Crippen LogP contribution in [-0.4, -0.2) is 33.0 Å². The lowest BCUT2D eigenvalue weighted by Crippen LogP contribution is -2.12. The average molecular weight is 272 g/mol. The minimum atomic E-state index is 0.659. The zero-order chi connectivity index (χ0) is 13.1. The third-order valence-electron chi connectivity index (χ3n) is 2.43. The van der Waals surface area contributed by atoms with Crippen molar-refractivity contribution < 1.29 is 9.47 Å². The van der Waals surface area contributed by atoms with E-state index < -0.39 is 0 Å². The Morgan fingerprint density at radius 3 is 2.33 bits per heavy atom. The summed E-state index contributed by atoms with van der Waals surface area (Å²) in [5, 5.41) is 4.01. The van der Waals surface area contributed by atoms with Crippen LogP contribution in [0.3, 0.4) is 0 Å². The van der Waals surface area contributed by atoms with E-state index in [1.54, 1.807) is 0 Å². The van der Waals surface area contributed by atoms with Crippen molar-refractivity contribution in [2.24, 2.45) is 0 Å². The molecular weight excluding hydrogens is 250 g/mol. The molecule has 0 atom stereocenters. The van der Waals surface area contributed by atoms with Gasteiger partial charge in [0, 0.05) is 23.9 Å². The number of anilines is 1. The summed E-state index contributed by atoms with van der Waals surface area (Å²) in [5.41, 5.74) is 1.06. The molecule has 0 aliphatic heterocycles. The molecule has 1 rings (SSSR count). The first-order valence-corrected chi connectivity index (χ1v) is 6.85. The van der Waals surface area contributed by atoms with Crippen molar-refractivity contribution in [2.75, 3.05) is 38.3 Å². The Kier molecular flexibility index (Phi) is 8.65. The molecule has 0 aliphatic rings. The molecule has 4 heteroatoms. The Balaban J connectivity index is 1.91. The van der Waals surface area contributed by atoms with Crippen LogP contribution in [0.25, 0.3) is 0 Å². The van der Waals surface area contributed by atoms with E-state index >= 15 is 0 Å². The summed E-state index contributed by atoms with van der Waals surface area (Å²) in [5.74, 6) is 0. The molecule has 0 aromatic heterocycles. The third kappa shape index (κ3) is 7.54. The molecule has 0 fully saturated rings. The number of nitrogens with one attached hydrogen (secondary N) is 1. The molecule has 1 aromatic carbocycles. The van der Waals surface area contributed by atoms with Crippen LogP contribution >= 0.6 is 11.6 Å². The zero-order valence-electron chi connectivity index (χ0n) is 11.0. The fraction of sp³-hybridized carbons (Fsp3) is 0.571. The third-order valence-corrected chi connectivity index (χ3v) is 2.69. The predicted octanol–water partition coefficient (Wildman–Crippen LogP) is 3.59. The summed E-state index contributed by atoms with van der Waals surface area (Å²) in [6.45, 7) is 5.80. The molecule has 0 spiro atoms. The molecule has 0 saturated carbocycles. The van der Waals surface area contributed by atoms with Gasteiger partial charge in [-0.05, 0) is 30.7 Å². The van der Waals surface area contributed by atoms with Crippen LogP contribution in [-0.2, 0) is 9.47 Å². The van der Waals surface area contributed by atoms with Crippen LogP contribution in [0.2, 0.25) is 5.02 Å². The quantitative estimate of drug-likeness (QED) is 0.660. The molecule has 3 nitrogen and oxygen atoms in total. The summed E-state index contributed by atoms with van der Waals surface area (Å²) < 4.78 is 10.8. The number of rotatable bonds is 10. The maximum Gasteiger partial charge on any atom is 0.0701 e. The molecule has 1 aromatic rings. The van der Waals surface area contributed by atoms with Gasteiger partial charge in [-0.25, -0.2) is 0 Å². The van der Waals surface area contributed by atoms with Gasteiger partial charge >= 0.3 is 0 Å². The molecule has 0 heterocycles. The van der Waals surface area contributed by atoms with Gasteiger partial charge < -0.3 is 14.8 Å². The maximum atomic E-state index is 5.80. The number of ether oxygens (including phenoxy) is 2. The lowest BCUT2D eigenvalue weighted by atomic mass is 10.3. The second kappa shape index (κ2) is 10.2. The van der Waals surface area contributed by atoms with Crippen LogP contribution in [0.5, 0.6) is 0 Å². The van der Waals surface area contributed by atoms with E-state index in [1.807, 2.05) is 24.3 Å². The monoisotopic (exact) mass is 271 g/mol. The van der Waals surface area contributed by atoms with E-state index in [4.69, 9.17) is 21.1 Å². The number of unbranched alkanes of at least 4 members (excludes halogenated alkanes) is 1. The second-order valence-corrected chi connectivity index (χ2v) is 4.45. The first-order chi connectivity index (χ1) is 8.83. The fourth-order valence-electron chi connectivity index (χ4n) is 1.40. The zero-order valence-corrected chi connectivity index (χ0v) is 11.7. The summed E-state index contributed by atoms with van der Waals surface area (Å²) in [6.07, 6.45) is 2.30. The Morgan fingerprint density at radius 2 is 1.67 bits per heavy atom. The molecule has 1 N–H and O–H groups in total. The number of hydrogen-bond acceptors (Lipinski definition) is 3. The standard InChI is InChI=1S/C14H22ClNO2/c1-2-3-9-17-11-12-18-10-8-16-14-6-4-13(15)5-7-14/h4-7,16H,2-3,8-12H2,1H3. The number of benzene rings is 1. The lowest BCUT2D eigenvalue weighted by molar-refractivity contribution is 0.0505. The first-order valence-electron chi connectivity index (χ1n) is 6.48. The summed E-state index contributed by atoms with van der Waals surface area (Å²) >= 11 is 5.80. The van der Waals surface area contributed by atoms with Gasteiger partial charge in [0.2, 0.25) is 0 Å². The van der Waals surface area contributed by atoms with E-state index in [0.29, 0.717) is 19.8 Å². The Labute approximate surface area is 114 Å². The minimum Gasteiger partial charge on any atom is -0.383 e. The van der Waals surface area contributed by atoms with Crippen molar-refractivity contribution in [3.8, 4) is 0 Å². The Morgan fingerprint density at radius 1 is 1.00 bits per heavy atom. The highest BCUT2D eigenvalue weighted by molar-refractivity contribution is 6.30. The summed E-state index contributed by atoms with van der Waals surface area (Å²) in [6, 6.07) is 7.64. The van der Waals surface area contributed by atoms with E-state index in [0.717, 1.165) is 30.3 Å². The van der Waals surface area contributed by atoms with Gasteiger partial charge in [-0.2, -0.15) is 0 Å². The topological polar surface area (TPSA) is 30.5 Å². The van der Waals surface area contributed by atoms with Gasteiger partial charge in [0.1, 0.15) is 0 Å². The molecule has 0 amide bonds. The van der Waals surface area contributed by atoms with Crippen LogP contribution < -0.4 is 5.32 Å². The van der Waals surface area contributed by atoms with Gasteiger partial charge in [0.15, 0.2) is 0 Å². The van der Waals surface area contributed by atoms with Crippen molar-refractivity contribution in [1.82, 2.24) is 0 Å². The average Bonchev–Trinajstić information content (AvgIpc) is 2.39. The summed E-state index contributed by atoms with van der Waals surface area (Å²) in [7, 11) is 0. The fourth-order valence-corrected chi connectivity index (χ4v) is 1.53. The van der Waals surface area contributed by atoms with Gasteiger partial charge in [0.25, 0.3) is 0 Å². The predicted molar refractivity (Wildman–Crippen MR) is 76.5 cm³/mol. The molecule has 0 aliphatic carbocycles. The highest BCUT2D eigenvalue weighted by atomic mass is 35.5. The van der Waals surface area contributed by atoms with Crippen LogP contribution in [0, 0.1) is 0 Å². The van der Waals surface area contributed by atoms with Gasteiger partial charge in [0.05, 0.1) is 19.8 Å². The van der Waals surface area contributed by atoms with Crippen molar-refractivity contribution in [2.45, 2.75) is 19.8 Å². The normalized spacial score (nSPS) is 10.6. The van der Waals surface area contributed by atoms with Gasteiger partial charge in [-0.1, -0.05) is 24.9 Å². The van der Waals surface area contributed by atoms with Gasteiger partial charge in [-0.3, -0.25) is 0 Å². The Hall–Kier alpha value is -0.770. The van der Waals surface area contributed by atoms with E-state index in [-0.39, 0.29) is 0 Å². The second-order valence-electron chi connectivity index (χ2n) is 4.01. The molecule has 18 heavy (non-hydrogen) atoms. The van der Waals surface area contributed by atoms with Crippen LogP contribution in [0.4, 0.5) is 5.69 Å². The number of hydrogen-bond donors (Lipinski definition) is 1. The van der Waals surface area contributed by atoms with Crippen LogP contribution in [0.1, 0.15) is 19.8 Å². The molecule has 0 saturated heterocycles. The van der Waals surface area contributed by atoms with E-state index in [9.17, 15) is 0 Å². The molecule has 0 unspecified atom stereocenters. The maximum absolute atomic E-state index is 5.80. The van der Waals surface area contributed by atoms with Crippen molar-refractivity contribution in [3.63, 3.8) is 0 Å². The van der Waals surface area contributed by atoms with Crippen molar-refractivity contribution in [1.29, 1.82) is 0 Å². The van der Waals surface area contributed by atoms with Crippen LogP contribution in [0.15, 0.2) is 24.3 Å². The van der Waals surface area contributed by atoms with Crippen molar-refractivity contribution in [3.05, 3.63) is 29.3 Å². The molecular formula is C14H22ClNO2. The highest BCUT2D eigenvalue weighted by Crippen LogP contribution is 2.12. The van der Waals surface area contributed by atoms with Gasteiger partial charge in [-0.15, -0.1) is 0 Å². The minimum absolute atomic E-state index is 0.659. The molecule has 102 valence electrons.